The van der Waals surface area contributed by atoms with Crippen LogP contribution in [0.2, 0.25) is 5.02 Å². The molecule has 55 heavy (non-hydrogen) atoms. The number of phenols is 1. The van der Waals surface area contributed by atoms with Gasteiger partial charge in [0.1, 0.15) is 23.4 Å². The standard InChI is InChI=1S/C38H40ClN5O10S/c1-22-25-15-27(39)29(45)17-30(25)54-38(53)26(22)16-32(47)41-18-33(48)42-19-34(49)44-35(24-11-6-3-7-12-24)36(50)40-14-8-13-31(46)43-28(37(51)52)21-55-20-23-9-4-2-5-10-23/h2-7,9-12,15,17,28,35,45H,8,13-14,16,18-21H2,1H3,(H,40,50)(H,41,47)(H,42,48)(H,43,46)(H,44,49)(H,51,52)/t28-,35+/m1/s1. The van der Waals surface area contributed by atoms with Crippen LogP contribution in [-0.2, 0) is 40.9 Å². The molecule has 0 unspecified atom stereocenters. The van der Waals surface area contributed by atoms with Crippen LogP contribution >= 0.6 is 23.4 Å². The van der Waals surface area contributed by atoms with E-state index in [1.165, 1.54) is 23.9 Å². The summed E-state index contributed by atoms with van der Waals surface area (Å²) >= 11 is 7.36. The molecular weight excluding hydrogens is 754 g/mol. The first-order valence-electron chi connectivity index (χ1n) is 17.1. The number of aromatic hydroxyl groups is 1. The molecule has 0 fully saturated rings. The molecule has 0 bridgehead atoms. The van der Waals surface area contributed by atoms with Crippen LogP contribution in [0.3, 0.4) is 0 Å². The molecule has 17 heteroatoms. The number of amides is 5. The Morgan fingerprint density at radius 3 is 2.18 bits per heavy atom. The van der Waals surface area contributed by atoms with Crippen LogP contribution in [0.5, 0.6) is 5.75 Å². The summed E-state index contributed by atoms with van der Waals surface area (Å²) in [6.07, 6.45) is -0.261. The number of aliphatic carboxylic acids is 1. The summed E-state index contributed by atoms with van der Waals surface area (Å²) in [5, 5.41) is 32.3. The van der Waals surface area contributed by atoms with Gasteiger partial charge < -0.3 is 41.2 Å². The van der Waals surface area contributed by atoms with Gasteiger partial charge >= 0.3 is 11.6 Å². The highest BCUT2D eigenvalue weighted by atomic mass is 35.5. The van der Waals surface area contributed by atoms with E-state index in [1.807, 2.05) is 30.3 Å². The van der Waals surface area contributed by atoms with Crippen LogP contribution in [0.1, 0.15) is 41.1 Å². The lowest BCUT2D eigenvalue weighted by Gasteiger charge is -2.19. The Morgan fingerprint density at radius 2 is 1.49 bits per heavy atom. The van der Waals surface area contributed by atoms with Crippen molar-refractivity contribution < 1.29 is 43.4 Å². The van der Waals surface area contributed by atoms with E-state index in [0.717, 1.165) is 5.56 Å². The van der Waals surface area contributed by atoms with Gasteiger partial charge in [0.05, 0.1) is 30.1 Å². The summed E-state index contributed by atoms with van der Waals surface area (Å²) in [7, 11) is 0. The molecule has 0 aliphatic heterocycles. The van der Waals surface area contributed by atoms with Crippen molar-refractivity contribution in [3.8, 4) is 5.75 Å². The maximum absolute atomic E-state index is 13.2. The minimum Gasteiger partial charge on any atom is -0.506 e. The second kappa shape index (κ2) is 20.5. The van der Waals surface area contributed by atoms with Crippen LogP contribution in [0, 0.1) is 6.92 Å². The number of fused-ring (bicyclic) bond motifs is 1. The SMILES string of the molecule is Cc1c(CC(=O)NCC(=O)NCC(=O)N[C@H](C(=O)NCCCC(=O)N[C@H](CSCc2ccccc2)C(=O)O)c2ccccc2)c(=O)oc2cc(O)c(Cl)cc12. The maximum Gasteiger partial charge on any atom is 0.340 e. The van der Waals surface area contributed by atoms with Gasteiger partial charge in [0.2, 0.25) is 29.5 Å². The number of benzene rings is 3. The first-order chi connectivity index (χ1) is 26.3. The predicted octanol–water partition coefficient (Wildman–Crippen LogP) is 2.49. The van der Waals surface area contributed by atoms with E-state index in [0.29, 0.717) is 22.3 Å². The van der Waals surface area contributed by atoms with E-state index >= 15 is 0 Å². The van der Waals surface area contributed by atoms with Gasteiger partial charge in [-0.1, -0.05) is 72.3 Å². The number of phenolic OH excluding ortho intramolecular Hbond substituents is 1. The van der Waals surface area contributed by atoms with E-state index in [1.54, 1.807) is 37.3 Å². The summed E-state index contributed by atoms with van der Waals surface area (Å²) < 4.78 is 5.22. The van der Waals surface area contributed by atoms with Gasteiger partial charge in [-0.15, -0.1) is 0 Å². The molecule has 0 radical (unpaired) electrons. The number of thioether (sulfide) groups is 1. The number of nitrogens with one attached hydrogen (secondary N) is 5. The molecule has 2 atom stereocenters. The molecule has 3 aromatic carbocycles. The summed E-state index contributed by atoms with van der Waals surface area (Å²) in [5.41, 5.74) is 1.25. The van der Waals surface area contributed by atoms with Gasteiger partial charge in [-0.25, -0.2) is 9.59 Å². The topological polar surface area (TPSA) is 233 Å². The number of hydrogen-bond donors (Lipinski definition) is 7. The van der Waals surface area contributed by atoms with E-state index in [9.17, 15) is 43.8 Å². The maximum atomic E-state index is 13.2. The molecule has 290 valence electrons. The quantitative estimate of drug-likeness (QED) is 0.0538. The van der Waals surface area contributed by atoms with E-state index in [4.69, 9.17) is 16.0 Å². The molecule has 15 nitrogen and oxygen atoms in total. The summed E-state index contributed by atoms with van der Waals surface area (Å²) in [6.45, 7) is 0.608. The van der Waals surface area contributed by atoms with Gasteiger partial charge in [0, 0.05) is 35.9 Å². The first kappa shape index (κ1) is 41.9. The monoisotopic (exact) mass is 793 g/mol. The Kier molecular flexibility index (Phi) is 15.6. The minimum atomic E-state index is -1.15. The molecule has 4 aromatic rings. The lowest BCUT2D eigenvalue weighted by molar-refractivity contribution is -0.141. The number of carbonyl (C=O) groups excluding carboxylic acids is 5. The predicted molar refractivity (Wildman–Crippen MR) is 205 cm³/mol. The van der Waals surface area contributed by atoms with Gasteiger partial charge in [0.25, 0.3) is 0 Å². The van der Waals surface area contributed by atoms with E-state index < -0.39 is 72.7 Å². The third-order valence-electron chi connectivity index (χ3n) is 8.19. The number of rotatable bonds is 19. The number of carboxylic acids is 1. The van der Waals surface area contributed by atoms with Crippen LogP contribution in [0.15, 0.2) is 82.0 Å². The molecule has 7 N–H and O–H groups in total. The van der Waals surface area contributed by atoms with Crippen molar-refractivity contribution in [3.63, 3.8) is 0 Å². The molecule has 0 saturated carbocycles. The molecular formula is C38H40ClN5O10S. The van der Waals surface area contributed by atoms with Gasteiger partial charge in [-0.05, 0) is 36.1 Å². The molecule has 0 aliphatic carbocycles. The van der Waals surface area contributed by atoms with Crippen LogP contribution < -0.4 is 32.2 Å². The smallest absolute Gasteiger partial charge is 0.340 e. The fourth-order valence-corrected chi connectivity index (χ4v) is 6.45. The van der Waals surface area contributed by atoms with Crippen molar-refractivity contribution >= 4 is 69.8 Å². The second-order valence-corrected chi connectivity index (χ2v) is 13.7. The van der Waals surface area contributed by atoms with Crippen molar-refractivity contribution in [1.29, 1.82) is 0 Å². The largest absolute Gasteiger partial charge is 0.506 e. The molecule has 4 rings (SSSR count). The lowest BCUT2D eigenvalue weighted by Crippen LogP contribution is -2.46. The highest BCUT2D eigenvalue weighted by molar-refractivity contribution is 7.98. The fourth-order valence-electron chi connectivity index (χ4n) is 5.28. The Hall–Kier alpha value is -5.87. The minimum absolute atomic E-state index is 0.0342. The van der Waals surface area contributed by atoms with Gasteiger partial charge in [-0.3, -0.25) is 24.0 Å². The van der Waals surface area contributed by atoms with Crippen LogP contribution in [0.25, 0.3) is 11.0 Å². The molecule has 0 spiro atoms. The van der Waals surface area contributed by atoms with Gasteiger partial charge in [-0.2, -0.15) is 11.8 Å². The average molecular weight is 794 g/mol. The average Bonchev–Trinajstić information content (AvgIpc) is 3.16. The number of aryl methyl sites for hydroxylation is 1. The van der Waals surface area contributed by atoms with Crippen molar-refractivity contribution in [3.05, 3.63) is 110 Å². The van der Waals surface area contributed by atoms with Crippen molar-refractivity contribution in [1.82, 2.24) is 26.6 Å². The normalized spacial score (nSPS) is 11.9. The highest BCUT2D eigenvalue weighted by Gasteiger charge is 2.24. The Bertz CT molecular complexity index is 2080. The lowest BCUT2D eigenvalue weighted by atomic mass is 10.0. The van der Waals surface area contributed by atoms with Crippen LogP contribution in [0.4, 0.5) is 0 Å². The first-order valence-corrected chi connectivity index (χ1v) is 18.6. The molecule has 1 aromatic heterocycles. The zero-order valence-electron chi connectivity index (χ0n) is 29.7. The van der Waals surface area contributed by atoms with E-state index in [-0.39, 0.29) is 47.1 Å². The Morgan fingerprint density at radius 1 is 0.836 bits per heavy atom. The summed E-state index contributed by atoms with van der Waals surface area (Å²) in [5.74, 6) is -3.80. The van der Waals surface area contributed by atoms with Crippen molar-refractivity contribution in [2.45, 2.75) is 44.0 Å². The number of carboxylic acid groups (broad SMARTS) is 1. The zero-order valence-corrected chi connectivity index (χ0v) is 31.3. The van der Waals surface area contributed by atoms with E-state index in [2.05, 4.69) is 26.6 Å². The third kappa shape index (κ3) is 12.9. The number of carbonyl (C=O) groups is 6. The molecule has 5 amide bonds. The molecule has 0 aliphatic rings. The fraction of sp³-hybridized carbons (Fsp3) is 0.289. The Labute approximate surface area is 324 Å². The second-order valence-electron chi connectivity index (χ2n) is 12.3. The molecule has 0 saturated heterocycles. The van der Waals surface area contributed by atoms with Crippen LogP contribution in [-0.4, -0.2) is 77.1 Å². The van der Waals surface area contributed by atoms with Crippen molar-refractivity contribution in [2.24, 2.45) is 0 Å². The Balaban J connectivity index is 1.20. The summed E-state index contributed by atoms with van der Waals surface area (Å²) in [4.78, 5) is 87.7. The van der Waals surface area contributed by atoms with Crippen molar-refractivity contribution in [2.75, 3.05) is 25.4 Å². The van der Waals surface area contributed by atoms with Gasteiger partial charge in [0.15, 0.2) is 0 Å². The molecule has 1 heterocycles. The zero-order chi connectivity index (χ0) is 39.9. The number of halogens is 1. The summed E-state index contributed by atoms with van der Waals surface area (Å²) in [6, 6.07) is 18.3. The highest BCUT2D eigenvalue weighted by Crippen LogP contribution is 2.30. The number of hydrogen-bond acceptors (Lipinski definition) is 10. The third-order valence-corrected chi connectivity index (χ3v) is 9.60.